The van der Waals surface area contributed by atoms with Gasteiger partial charge in [0.05, 0.1) is 12.7 Å². The first kappa shape index (κ1) is 16.5. The van der Waals surface area contributed by atoms with Crippen LogP contribution < -0.4 is 11.1 Å². The van der Waals surface area contributed by atoms with Crippen molar-refractivity contribution in [3.63, 3.8) is 0 Å². The molecule has 0 unspecified atom stereocenters. The quantitative estimate of drug-likeness (QED) is 0.831. The molecule has 0 spiro atoms. The number of amides is 1. The van der Waals surface area contributed by atoms with E-state index in [-0.39, 0.29) is 5.56 Å². The second kappa shape index (κ2) is 6.91. The number of ether oxygens (including phenoxy) is 1. The summed E-state index contributed by atoms with van der Waals surface area (Å²) in [7, 11) is 1.24. The number of carbonyl (C=O) groups excluding carboxylic acids is 2. The number of carbonyl (C=O) groups is 2. The first-order valence-electron chi connectivity index (χ1n) is 6.93. The standard InChI is InChI=1S/C17H17FN2O3/c1-10-14(18)7-13(17(22)23-2)8-15(10)20-9-11-4-3-5-12(6-11)16(19)21/h3-8,20H,9H2,1-2H3,(H2,19,21). The highest BCUT2D eigenvalue weighted by Gasteiger charge is 2.13. The Morgan fingerprint density at radius 1 is 1.22 bits per heavy atom. The Morgan fingerprint density at radius 2 is 1.96 bits per heavy atom. The number of halogens is 1. The molecule has 0 atom stereocenters. The van der Waals surface area contributed by atoms with E-state index in [1.165, 1.54) is 13.2 Å². The lowest BCUT2D eigenvalue weighted by Crippen LogP contribution is -2.12. The summed E-state index contributed by atoms with van der Waals surface area (Å²) in [6, 6.07) is 9.48. The Labute approximate surface area is 133 Å². The summed E-state index contributed by atoms with van der Waals surface area (Å²) in [5.74, 6) is -1.62. The average molecular weight is 316 g/mol. The molecule has 0 aliphatic heterocycles. The van der Waals surface area contributed by atoms with E-state index in [2.05, 4.69) is 10.1 Å². The number of rotatable bonds is 5. The number of methoxy groups -OCH3 is 1. The smallest absolute Gasteiger partial charge is 0.338 e. The van der Waals surface area contributed by atoms with Gasteiger partial charge in [0.1, 0.15) is 5.82 Å². The maximum Gasteiger partial charge on any atom is 0.338 e. The summed E-state index contributed by atoms with van der Waals surface area (Å²) in [6.45, 7) is 1.96. The maximum absolute atomic E-state index is 13.9. The number of primary amides is 1. The fourth-order valence-corrected chi connectivity index (χ4v) is 2.13. The van der Waals surface area contributed by atoms with Gasteiger partial charge in [0.2, 0.25) is 5.91 Å². The molecule has 2 rings (SSSR count). The summed E-state index contributed by atoms with van der Waals surface area (Å²) in [6.07, 6.45) is 0. The molecule has 0 aliphatic carbocycles. The van der Waals surface area contributed by atoms with Crippen molar-refractivity contribution in [2.24, 2.45) is 5.73 Å². The summed E-state index contributed by atoms with van der Waals surface area (Å²) >= 11 is 0. The summed E-state index contributed by atoms with van der Waals surface area (Å²) < 4.78 is 18.5. The minimum absolute atomic E-state index is 0.129. The van der Waals surface area contributed by atoms with E-state index in [1.807, 2.05) is 6.07 Å². The lowest BCUT2D eigenvalue weighted by Gasteiger charge is -2.12. The van der Waals surface area contributed by atoms with Crippen LogP contribution in [0.25, 0.3) is 0 Å². The van der Waals surface area contributed by atoms with Crippen LogP contribution in [0.4, 0.5) is 10.1 Å². The monoisotopic (exact) mass is 316 g/mol. The molecule has 5 nitrogen and oxygen atoms in total. The Hall–Kier alpha value is -2.89. The third-order valence-corrected chi connectivity index (χ3v) is 3.46. The van der Waals surface area contributed by atoms with Gasteiger partial charge >= 0.3 is 5.97 Å². The first-order valence-corrected chi connectivity index (χ1v) is 6.93. The number of anilines is 1. The third-order valence-electron chi connectivity index (χ3n) is 3.46. The number of nitrogens with one attached hydrogen (secondary N) is 1. The molecule has 0 aliphatic rings. The fourth-order valence-electron chi connectivity index (χ4n) is 2.13. The summed E-state index contributed by atoms with van der Waals surface area (Å²) in [5.41, 5.74) is 7.45. The topological polar surface area (TPSA) is 81.4 Å². The zero-order chi connectivity index (χ0) is 17.0. The van der Waals surface area contributed by atoms with E-state index in [0.29, 0.717) is 23.4 Å². The van der Waals surface area contributed by atoms with Crippen LogP contribution in [0.5, 0.6) is 0 Å². The molecule has 0 fully saturated rings. The van der Waals surface area contributed by atoms with Crippen LogP contribution in [0.3, 0.4) is 0 Å². The number of benzene rings is 2. The van der Waals surface area contributed by atoms with Gasteiger partial charge in [-0.15, -0.1) is 0 Å². The van der Waals surface area contributed by atoms with Gasteiger partial charge in [-0.2, -0.15) is 0 Å². The van der Waals surface area contributed by atoms with Gasteiger partial charge in [-0.1, -0.05) is 12.1 Å². The minimum Gasteiger partial charge on any atom is -0.465 e. The van der Waals surface area contributed by atoms with Crippen LogP contribution in [0.15, 0.2) is 36.4 Å². The zero-order valence-corrected chi connectivity index (χ0v) is 12.9. The van der Waals surface area contributed by atoms with Gasteiger partial charge in [0, 0.05) is 23.4 Å². The molecule has 23 heavy (non-hydrogen) atoms. The predicted octanol–water partition coefficient (Wildman–Crippen LogP) is 2.63. The molecule has 0 aromatic heterocycles. The largest absolute Gasteiger partial charge is 0.465 e. The van der Waals surface area contributed by atoms with Crippen LogP contribution >= 0.6 is 0 Å². The maximum atomic E-state index is 13.9. The van der Waals surface area contributed by atoms with Gasteiger partial charge < -0.3 is 15.8 Å². The molecule has 1 amide bonds. The summed E-state index contributed by atoms with van der Waals surface area (Å²) in [4.78, 5) is 22.7. The van der Waals surface area contributed by atoms with Crippen molar-refractivity contribution >= 4 is 17.6 Å². The number of esters is 1. The molecular formula is C17H17FN2O3. The van der Waals surface area contributed by atoms with Crippen LogP contribution in [0.1, 0.15) is 31.8 Å². The van der Waals surface area contributed by atoms with Gasteiger partial charge in [0.15, 0.2) is 0 Å². The number of nitrogens with two attached hydrogens (primary N) is 1. The van der Waals surface area contributed by atoms with E-state index in [1.54, 1.807) is 25.1 Å². The molecule has 6 heteroatoms. The summed E-state index contributed by atoms with van der Waals surface area (Å²) in [5, 5.41) is 3.06. The van der Waals surface area contributed by atoms with Crippen molar-refractivity contribution in [1.29, 1.82) is 0 Å². The Balaban J connectivity index is 2.23. The number of hydrogen-bond acceptors (Lipinski definition) is 4. The van der Waals surface area contributed by atoms with E-state index < -0.39 is 17.7 Å². The number of hydrogen-bond donors (Lipinski definition) is 2. The van der Waals surface area contributed by atoms with E-state index in [4.69, 9.17) is 5.73 Å². The zero-order valence-electron chi connectivity index (χ0n) is 12.9. The molecule has 0 radical (unpaired) electrons. The highest BCUT2D eigenvalue weighted by atomic mass is 19.1. The van der Waals surface area contributed by atoms with Crippen LogP contribution in [-0.2, 0) is 11.3 Å². The average Bonchev–Trinajstić information content (AvgIpc) is 2.55. The highest BCUT2D eigenvalue weighted by Crippen LogP contribution is 2.22. The Morgan fingerprint density at radius 3 is 2.61 bits per heavy atom. The van der Waals surface area contributed by atoms with E-state index in [0.717, 1.165) is 11.6 Å². The minimum atomic E-state index is -0.609. The molecule has 2 aromatic rings. The van der Waals surface area contributed by atoms with Crippen LogP contribution in [-0.4, -0.2) is 19.0 Å². The van der Waals surface area contributed by atoms with Crippen molar-refractivity contribution in [3.8, 4) is 0 Å². The van der Waals surface area contributed by atoms with Crippen molar-refractivity contribution in [2.75, 3.05) is 12.4 Å². The molecule has 0 saturated carbocycles. The van der Waals surface area contributed by atoms with Crippen molar-refractivity contribution < 1.29 is 18.7 Å². The van der Waals surface area contributed by atoms with Crippen molar-refractivity contribution in [3.05, 3.63) is 64.5 Å². The first-order chi connectivity index (χ1) is 10.9. The van der Waals surface area contributed by atoms with Gasteiger partial charge in [-0.25, -0.2) is 9.18 Å². The molecule has 0 heterocycles. The molecule has 0 bridgehead atoms. The second-order valence-electron chi connectivity index (χ2n) is 5.04. The second-order valence-corrected chi connectivity index (χ2v) is 5.04. The molecular weight excluding hydrogens is 299 g/mol. The fraction of sp³-hybridized carbons (Fsp3) is 0.176. The van der Waals surface area contributed by atoms with Crippen molar-refractivity contribution in [1.82, 2.24) is 0 Å². The molecule has 2 aromatic carbocycles. The van der Waals surface area contributed by atoms with Gasteiger partial charge in [-0.3, -0.25) is 4.79 Å². The lowest BCUT2D eigenvalue weighted by atomic mass is 10.1. The third kappa shape index (κ3) is 3.85. The molecule has 3 N–H and O–H groups in total. The van der Waals surface area contributed by atoms with Crippen molar-refractivity contribution in [2.45, 2.75) is 13.5 Å². The van der Waals surface area contributed by atoms with Gasteiger partial charge in [-0.05, 0) is 36.8 Å². The van der Waals surface area contributed by atoms with Crippen LogP contribution in [0.2, 0.25) is 0 Å². The van der Waals surface area contributed by atoms with Crippen LogP contribution in [0, 0.1) is 12.7 Å². The molecule has 0 saturated heterocycles. The van der Waals surface area contributed by atoms with Gasteiger partial charge in [0.25, 0.3) is 0 Å². The predicted molar refractivity (Wildman–Crippen MR) is 84.8 cm³/mol. The SMILES string of the molecule is COC(=O)c1cc(F)c(C)c(NCc2cccc(C(N)=O)c2)c1. The Bertz CT molecular complexity index is 759. The highest BCUT2D eigenvalue weighted by molar-refractivity contribution is 5.93. The molecule has 120 valence electrons. The van der Waals surface area contributed by atoms with E-state index in [9.17, 15) is 14.0 Å². The Kier molecular flexibility index (Phi) is 4.95. The normalized spacial score (nSPS) is 10.2. The van der Waals surface area contributed by atoms with E-state index >= 15 is 0 Å². The lowest BCUT2D eigenvalue weighted by molar-refractivity contribution is 0.0600.